The van der Waals surface area contributed by atoms with Gasteiger partial charge in [-0.2, -0.15) is 5.26 Å². The van der Waals surface area contributed by atoms with Crippen LogP contribution >= 0.6 is 0 Å². The van der Waals surface area contributed by atoms with Gasteiger partial charge in [0.15, 0.2) is 0 Å². The standard InChI is InChI=1S/C19H29N5O/c1-3-4-5-7-21-18-17-14-23(2)8-6-15(17)16(13-20)19(22-18)24-9-11-25-12-10-24/h3-12,14H2,1-2H3,(H,21,22)/p+2. The first-order valence-electron chi connectivity index (χ1n) is 9.63. The molecular weight excluding hydrogens is 314 g/mol. The number of rotatable bonds is 6. The minimum absolute atomic E-state index is 0.724. The summed E-state index contributed by atoms with van der Waals surface area (Å²) in [5, 5.41) is 13.5. The van der Waals surface area contributed by atoms with Crippen molar-refractivity contribution in [1.82, 2.24) is 0 Å². The largest absolute Gasteiger partial charge is 0.375 e. The van der Waals surface area contributed by atoms with Gasteiger partial charge < -0.3 is 15.0 Å². The van der Waals surface area contributed by atoms with Gasteiger partial charge in [-0.25, -0.2) is 4.98 Å². The molecule has 1 atom stereocenters. The summed E-state index contributed by atoms with van der Waals surface area (Å²) >= 11 is 0. The predicted octanol–water partition coefficient (Wildman–Crippen LogP) is 0.382. The molecular formula is C19H31N5O+2. The average Bonchev–Trinajstić information content (AvgIpc) is 2.65. The summed E-state index contributed by atoms with van der Waals surface area (Å²) < 4.78 is 5.49. The van der Waals surface area contributed by atoms with Gasteiger partial charge in [0.05, 0.1) is 52.0 Å². The number of aromatic nitrogens is 1. The number of morpholine rings is 1. The number of nitrogens with zero attached hydrogens (tertiary/aromatic N) is 2. The number of ether oxygens (including phenoxy) is 1. The maximum atomic E-state index is 9.85. The number of nitriles is 1. The van der Waals surface area contributed by atoms with E-state index in [-0.39, 0.29) is 0 Å². The highest BCUT2D eigenvalue weighted by Crippen LogP contribution is 2.28. The Labute approximate surface area is 150 Å². The molecule has 1 aromatic rings. The van der Waals surface area contributed by atoms with E-state index in [1.165, 1.54) is 35.3 Å². The molecule has 0 spiro atoms. The average molecular weight is 345 g/mol. The smallest absolute Gasteiger partial charge is 0.240 e. The van der Waals surface area contributed by atoms with Crippen molar-refractivity contribution in [3.05, 3.63) is 16.7 Å². The molecule has 3 rings (SSSR count). The van der Waals surface area contributed by atoms with Gasteiger partial charge in [-0.3, -0.25) is 4.90 Å². The third kappa shape index (κ3) is 4.05. The Morgan fingerprint density at radius 3 is 2.80 bits per heavy atom. The fourth-order valence-electron chi connectivity index (χ4n) is 3.78. The number of hydrogen-bond acceptors (Lipinski definition) is 4. The van der Waals surface area contributed by atoms with Crippen molar-refractivity contribution in [2.45, 2.75) is 39.2 Å². The lowest BCUT2D eigenvalue weighted by molar-refractivity contribution is -0.895. The van der Waals surface area contributed by atoms with Crippen LogP contribution in [0, 0.1) is 11.3 Å². The van der Waals surface area contributed by atoms with Gasteiger partial charge in [0.1, 0.15) is 18.2 Å². The molecule has 136 valence electrons. The Balaban J connectivity index is 1.95. The third-order valence-corrected chi connectivity index (χ3v) is 5.25. The first kappa shape index (κ1) is 18.0. The number of quaternary nitrogens is 1. The van der Waals surface area contributed by atoms with E-state index in [0.717, 1.165) is 69.6 Å². The van der Waals surface area contributed by atoms with Crippen molar-refractivity contribution in [3.63, 3.8) is 0 Å². The van der Waals surface area contributed by atoms with E-state index in [2.05, 4.69) is 35.2 Å². The Morgan fingerprint density at radius 1 is 1.28 bits per heavy atom. The van der Waals surface area contributed by atoms with Crippen molar-refractivity contribution in [2.75, 3.05) is 56.7 Å². The van der Waals surface area contributed by atoms with Crippen LogP contribution < -0.4 is 20.1 Å². The van der Waals surface area contributed by atoms with Crippen LogP contribution in [0.5, 0.6) is 0 Å². The number of nitrogens with one attached hydrogen (secondary N) is 3. The van der Waals surface area contributed by atoms with Crippen molar-refractivity contribution in [1.29, 1.82) is 5.26 Å². The van der Waals surface area contributed by atoms with Crippen LogP contribution in [0.2, 0.25) is 0 Å². The zero-order chi connectivity index (χ0) is 17.6. The number of aromatic amines is 1. The number of H-pyrrole nitrogens is 1. The van der Waals surface area contributed by atoms with E-state index in [0.29, 0.717) is 0 Å². The van der Waals surface area contributed by atoms with Crippen LogP contribution in [-0.4, -0.2) is 46.4 Å². The van der Waals surface area contributed by atoms with E-state index in [1.807, 2.05) is 0 Å². The lowest BCUT2D eigenvalue weighted by atomic mass is 9.95. The van der Waals surface area contributed by atoms with E-state index in [1.54, 1.807) is 0 Å². The molecule has 6 heteroatoms. The van der Waals surface area contributed by atoms with E-state index < -0.39 is 0 Å². The summed E-state index contributed by atoms with van der Waals surface area (Å²) in [4.78, 5) is 7.35. The number of anilines is 2. The predicted molar refractivity (Wildman–Crippen MR) is 97.9 cm³/mol. The molecule has 6 nitrogen and oxygen atoms in total. The lowest BCUT2D eigenvalue weighted by Gasteiger charge is -2.28. The molecule has 0 saturated carbocycles. The minimum atomic E-state index is 0.724. The Hall–Kier alpha value is -1.84. The maximum Gasteiger partial charge on any atom is 0.240 e. The van der Waals surface area contributed by atoms with Gasteiger partial charge in [-0.1, -0.05) is 19.8 Å². The van der Waals surface area contributed by atoms with Crippen LogP contribution in [0.15, 0.2) is 0 Å². The number of unbranched alkanes of at least 4 members (excludes halogenated alkanes) is 2. The molecule has 3 N–H and O–H groups in total. The molecule has 0 amide bonds. The van der Waals surface area contributed by atoms with Gasteiger partial charge in [0.25, 0.3) is 0 Å². The van der Waals surface area contributed by atoms with Crippen molar-refractivity contribution in [3.8, 4) is 6.07 Å². The molecule has 0 radical (unpaired) electrons. The summed E-state index contributed by atoms with van der Waals surface area (Å²) in [5.74, 6) is 2.09. The topological polar surface area (TPSA) is 66.9 Å². The van der Waals surface area contributed by atoms with Gasteiger partial charge in [0.2, 0.25) is 11.6 Å². The third-order valence-electron chi connectivity index (χ3n) is 5.25. The quantitative estimate of drug-likeness (QED) is 0.732. The Morgan fingerprint density at radius 2 is 2.08 bits per heavy atom. The second-order valence-electron chi connectivity index (χ2n) is 7.16. The Bertz CT molecular complexity index is 634. The van der Waals surface area contributed by atoms with Crippen LogP contribution in [-0.2, 0) is 17.7 Å². The monoisotopic (exact) mass is 345 g/mol. The molecule has 25 heavy (non-hydrogen) atoms. The summed E-state index contributed by atoms with van der Waals surface area (Å²) in [6.45, 7) is 8.39. The molecule has 2 aliphatic heterocycles. The molecule has 0 bridgehead atoms. The summed E-state index contributed by atoms with van der Waals surface area (Å²) in [5.41, 5.74) is 3.38. The maximum absolute atomic E-state index is 9.85. The highest BCUT2D eigenvalue weighted by atomic mass is 16.5. The van der Waals surface area contributed by atoms with Gasteiger partial charge in [0, 0.05) is 6.42 Å². The lowest BCUT2D eigenvalue weighted by Crippen LogP contribution is -3.08. The highest BCUT2D eigenvalue weighted by molar-refractivity contribution is 5.61. The van der Waals surface area contributed by atoms with E-state index in [9.17, 15) is 5.26 Å². The summed E-state index contributed by atoms with van der Waals surface area (Å²) in [7, 11) is 2.23. The second kappa shape index (κ2) is 8.50. The van der Waals surface area contributed by atoms with E-state index in [4.69, 9.17) is 4.74 Å². The molecule has 0 aromatic carbocycles. The molecule has 1 aromatic heterocycles. The SMILES string of the molecule is CCCCCNc1[nH+]c(N2CCOCC2)c(C#N)c2c1C[NH+](C)CC2. The zero-order valence-corrected chi connectivity index (χ0v) is 15.6. The first-order chi connectivity index (χ1) is 12.2. The molecule has 0 aliphatic carbocycles. The summed E-state index contributed by atoms with van der Waals surface area (Å²) in [6, 6.07) is 2.49. The van der Waals surface area contributed by atoms with Gasteiger partial charge in [-0.05, 0) is 12.0 Å². The zero-order valence-electron chi connectivity index (χ0n) is 15.6. The van der Waals surface area contributed by atoms with Crippen molar-refractivity contribution in [2.24, 2.45) is 0 Å². The number of pyridine rings is 1. The summed E-state index contributed by atoms with van der Waals surface area (Å²) in [6.07, 6.45) is 4.62. The Kier molecular flexibility index (Phi) is 6.11. The van der Waals surface area contributed by atoms with Crippen LogP contribution in [0.25, 0.3) is 0 Å². The first-order valence-corrected chi connectivity index (χ1v) is 9.63. The molecule has 3 heterocycles. The van der Waals surface area contributed by atoms with Crippen molar-refractivity contribution >= 4 is 11.6 Å². The minimum Gasteiger partial charge on any atom is -0.375 e. The fraction of sp³-hybridized carbons (Fsp3) is 0.684. The number of likely N-dealkylation sites (N-methyl/N-ethyl adjacent to an activating group) is 1. The van der Waals surface area contributed by atoms with Crippen LogP contribution in [0.1, 0.15) is 42.9 Å². The molecule has 1 unspecified atom stereocenters. The van der Waals surface area contributed by atoms with Crippen LogP contribution in [0.3, 0.4) is 0 Å². The van der Waals surface area contributed by atoms with Crippen LogP contribution in [0.4, 0.5) is 11.6 Å². The normalized spacial score (nSPS) is 20.0. The number of fused-ring (bicyclic) bond motifs is 1. The molecule has 1 saturated heterocycles. The highest BCUT2D eigenvalue weighted by Gasteiger charge is 2.31. The second-order valence-corrected chi connectivity index (χ2v) is 7.16. The van der Waals surface area contributed by atoms with E-state index >= 15 is 0 Å². The molecule has 2 aliphatic rings. The fourth-order valence-corrected chi connectivity index (χ4v) is 3.78. The van der Waals surface area contributed by atoms with Gasteiger partial charge >= 0.3 is 0 Å². The molecule has 1 fully saturated rings. The van der Waals surface area contributed by atoms with Gasteiger partial charge in [-0.15, -0.1) is 0 Å². The number of hydrogen-bond donors (Lipinski definition) is 2. The van der Waals surface area contributed by atoms with Crippen molar-refractivity contribution < 1.29 is 14.6 Å².